The number of rotatable bonds is 5. The third kappa shape index (κ3) is 2.37. The second-order valence-electron chi connectivity index (χ2n) is 5.26. The molecule has 0 atom stereocenters. The smallest absolute Gasteiger partial charge is 0.143 e. The lowest BCUT2D eigenvalue weighted by Crippen LogP contribution is -2.50. The van der Waals surface area contributed by atoms with Crippen LogP contribution in [0.15, 0.2) is 24.5 Å². The fourth-order valence-corrected chi connectivity index (χ4v) is 2.17. The van der Waals surface area contributed by atoms with Crippen molar-refractivity contribution in [3.8, 4) is 5.69 Å². The summed E-state index contributed by atoms with van der Waals surface area (Å²) in [5.41, 5.74) is 2.84. The molecule has 1 aliphatic heterocycles. The standard InChI is InChI=1S/C13H17N5O2/c1-10-2-3-11(4-12(10)18-9-15-16-17-18)14-5-13(6-19)7-20-8-13/h2-4,9,14,19H,5-8H2,1H3. The summed E-state index contributed by atoms with van der Waals surface area (Å²) in [5, 5.41) is 24.0. The largest absolute Gasteiger partial charge is 0.396 e. The van der Waals surface area contributed by atoms with Gasteiger partial charge in [-0.05, 0) is 35.0 Å². The molecule has 0 spiro atoms. The van der Waals surface area contributed by atoms with Crippen LogP contribution in [0.5, 0.6) is 0 Å². The number of tetrazole rings is 1. The quantitative estimate of drug-likeness (QED) is 0.821. The Kier molecular flexibility index (Phi) is 3.37. The highest BCUT2D eigenvalue weighted by molar-refractivity contribution is 5.54. The summed E-state index contributed by atoms with van der Waals surface area (Å²) in [6.07, 6.45) is 1.57. The summed E-state index contributed by atoms with van der Waals surface area (Å²) < 4.78 is 6.82. The first-order chi connectivity index (χ1) is 9.72. The van der Waals surface area contributed by atoms with Crippen LogP contribution in [0.25, 0.3) is 5.69 Å². The normalized spacial score (nSPS) is 16.7. The Hall–Kier alpha value is -1.99. The zero-order valence-corrected chi connectivity index (χ0v) is 11.3. The second kappa shape index (κ2) is 5.18. The van der Waals surface area contributed by atoms with E-state index in [2.05, 4.69) is 20.8 Å². The molecule has 2 N–H and O–H groups in total. The van der Waals surface area contributed by atoms with E-state index in [1.807, 2.05) is 25.1 Å². The number of aromatic nitrogens is 4. The number of aryl methyl sites for hydroxylation is 1. The summed E-state index contributed by atoms with van der Waals surface area (Å²) in [7, 11) is 0. The van der Waals surface area contributed by atoms with Crippen molar-refractivity contribution >= 4 is 5.69 Å². The molecule has 1 saturated heterocycles. The second-order valence-corrected chi connectivity index (χ2v) is 5.26. The van der Waals surface area contributed by atoms with Crippen molar-refractivity contribution in [1.29, 1.82) is 0 Å². The Labute approximate surface area is 116 Å². The minimum absolute atomic E-state index is 0.131. The summed E-state index contributed by atoms with van der Waals surface area (Å²) >= 11 is 0. The van der Waals surface area contributed by atoms with Gasteiger partial charge in [-0.2, -0.15) is 0 Å². The number of aliphatic hydroxyl groups excluding tert-OH is 1. The Morgan fingerprint density at radius 1 is 1.45 bits per heavy atom. The van der Waals surface area contributed by atoms with Gasteiger partial charge >= 0.3 is 0 Å². The average Bonchev–Trinajstić information content (AvgIpc) is 2.93. The highest BCUT2D eigenvalue weighted by atomic mass is 16.5. The van der Waals surface area contributed by atoms with Crippen LogP contribution in [-0.2, 0) is 4.74 Å². The van der Waals surface area contributed by atoms with Crippen LogP contribution in [0.3, 0.4) is 0 Å². The third-order valence-corrected chi connectivity index (χ3v) is 3.62. The van der Waals surface area contributed by atoms with E-state index in [0.717, 1.165) is 16.9 Å². The fourth-order valence-electron chi connectivity index (χ4n) is 2.17. The SMILES string of the molecule is Cc1ccc(NCC2(CO)COC2)cc1-n1cnnn1. The molecule has 2 aromatic rings. The maximum atomic E-state index is 9.41. The first-order valence-corrected chi connectivity index (χ1v) is 6.49. The number of aliphatic hydroxyl groups is 1. The Morgan fingerprint density at radius 3 is 2.90 bits per heavy atom. The van der Waals surface area contributed by atoms with Gasteiger partial charge in [-0.1, -0.05) is 6.07 Å². The molecule has 0 bridgehead atoms. The van der Waals surface area contributed by atoms with Gasteiger partial charge in [-0.25, -0.2) is 4.68 Å². The molecule has 7 nitrogen and oxygen atoms in total. The fraction of sp³-hybridized carbons (Fsp3) is 0.462. The highest BCUT2D eigenvalue weighted by Gasteiger charge is 2.37. The van der Waals surface area contributed by atoms with Crippen molar-refractivity contribution in [2.45, 2.75) is 6.92 Å². The van der Waals surface area contributed by atoms with E-state index in [1.54, 1.807) is 11.0 Å². The monoisotopic (exact) mass is 275 g/mol. The first kappa shape index (κ1) is 13.0. The molecule has 3 rings (SSSR count). The highest BCUT2D eigenvalue weighted by Crippen LogP contribution is 2.27. The van der Waals surface area contributed by atoms with Crippen molar-refractivity contribution < 1.29 is 9.84 Å². The predicted molar refractivity (Wildman–Crippen MR) is 72.7 cm³/mol. The molecule has 0 saturated carbocycles. The van der Waals surface area contributed by atoms with Crippen molar-refractivity contribution in [2.24, 2.45) is 5.41 Å². The molecular formula is C13H17N5O2. The molecule has 0 amide bonds. The number of hydrogen-bond donors (Lipinski definition) is 2. The van der Waals surface area contributed by atoms with Crippen LogP contribution < -0.4 is 5.32 Å². The van der Waals surface area contributed by atoms with E-state index in [4.69, 9.17) is 4.74 Å². The maximum Gasteiger partial charge on any atom is 0.143 e. The number of ether oxygens (including phenoxy) is 1. The third-order valence-electron chi connectivity index (χ3n) is 3.62. The van der Waals surface area contributed by atoms with Gasteiger partial charge in [-0.3, -0.25) is 0 Å². The van der Waals surface area contributed by atoms with Gasteiger partial charge in [0.15, 0.2) is 0 Å². The summed E-state index contributed by atoms with van der Waals surface area (Å²) in [6, 6.07) is 6.02. The molecule has 7 heteroatoms. The van der Waals surface area contributed by atoms with Gasteiger partial charge in [0.25, 0.3) is 0 Å². The van der Waals surface area contributed by atoms with E-state index >= 15 is 0 Å². The zero-order chi connectivity index (χ0) is 14.0. The summed E-state index contributed by atoms with van der Waals surface area (Å²) in [5.74, 6) is 0. The van der Waals surface area contributed by atoms with E-state index < -0.39 is 0 Å². The molecule has 20 heavy (non-hydrogen) atoms. The van der Waals surface area contributed by atoms with Crippen LogP contribution in [0, 0.1) is 12.3 Å². The van der Waals surface area contributed by atoms with Gasteiger partial charge in [0, 0.05) is 12.2 Å². The minimum atomic E-state index is -0.153. The lowest BCUT2D eigenvalue weighted by molar-refractivity contribution is -0.128. The van der Waals surface area contributed by atoms with Crippen LogP contribution >= 0.6 is 0 Å². The summed E-state index contributed by atoms with van der Waals surface area (Å²) in [6.45, 7) is 4.02. The molecule has 0 unspecified atom stereocenters. The molecule has 2 heterocycles. The Balaban J connectivity index is 1.76. The van der Waals surface area contributed by atoms with Crippen molar-refractivity contribution in [3.63, 3.8) is 0 Å². The average molecular weight is 275 g/mol. The topological polar surface area (TPSA) is 85.1 Å². The van der Waals surface area contributed by atoms with Gasteiger partial charge in [0.05, 0.1) is 30.9 Å². The lowest BCUT2D eigenvalue weighted by Gasteiger charge is -2.40. The molecule has 106 valence electrons. The minimum Gasteiger partial charge on any atom is -0.396 e. The molecule has 0 radical (unpaired) electrons. The number of hydrogen-bond acceptors (Lipinski definition) is 6. The van der Waals surface area contributed by atoms with Gasteiger partial charge in [0.1, 0.15) is 6.33 Å². The molecule has 1 aromatic heterocycles. The lowest BCUT2D eigenvalue weighted by atomic mass is 9.87. The van der Waals surface area contributed by atoms with E-state index in [9.17, 15) is 5.11 Å². The van der Waals surface area contributed by atoms with Crippen LogP contribution in [-0.4, -0.2) is 51.7 Å². The van der Waals surface area contributed by atoms with Crippen molar-refractivity contribution in [1.82, 2.24) is 20.2 Å². The van der Waals surface area contributed by atoms with E-state index in [0.29, 0.717) is 19.8 Å². The summed E-state index contributed by atoms with van der Waals surface area (Å²) in [4.78, 5) is 0. The van der Waals surface area contributed by atoms with Crippen LogP contribution in [0.1, 0.15) is 5.56 Å². The van der Waals surface area contributed by atoms with Crippen LogP contribution in [0.2, 0.25) is 0 Å². The van der Waals surface area contributed by atoms with Crippen LogP contribution in [0.4, 0.5) is 5.69 Å². The number of nitrogens with zero attached hydrogens (tertiary/aromatic N) is 4. The van der Waals surface area contributed by atoms with E-state index in [1.165, 1.54) is 0 Å². The Morgan fingerprint density at radius 2 is 2.30 bits per heavy atom. The number of nitrogens with one attached hydrogen (secondary N) is 1. The van der Waals surface area contributed by atoms with E-state index in [-0.39, 0.29) is 12.0 Å². The van der Waals surface area contributed by atoms with Crippen molar-refractivity contribution in [2.75, 3.05) is 31.7 Å². The molecule has 1 aromatic carbocycles. The molecule has 0 aliphatic carbocycles. The Bertz CT molecular complexity index is 575. The maximum absolute atomic E-state index is 9.41. The van der Waals surface area contributed by atoms with Crippen molar-refractivity contribution in [3.05, 3.63) is 30.1 Å². The van der Waals surface area contributed by atoms with Gasteiger partial charge in [0.2, 0.25) is 0 Å². The molecule has 1 aliphatic rings. The molecule has 1 fully saturated rings. The number of benzene rings is 1. The zero-order valence-electron chi connectivity index (χ0n) is 11.3. The van der Waals surface area contributed by atoms with Gasteiger partial charge in [-0.15, -0.1) is 5.10 Å². The predicted octanol–water partition coefficient (Wildman–Crippen LogP) is 0.392. The first-order valence-electron chi connectivity index (χ1n) is 6.49. The number of anilines is 1. The van der Waals surface area contributed by atoms with Gasteiger partial charge < -0.3 is 15.2 Å². The molecular weight excluding hydrogens is 258 g/mol.